The second-order valence-electron chi connectivity index (χ2n) is 7.00. The van der Waals surface area contributed by atoms with Crippen molar-refractivity contribution < 1.29 is 0 Å². The van der Waals surface area contributed by atoms with Crippen LogP contribution in [0.25, 0.3) is 22.2 Å². The molecule has 8 heteroatoms. The highest BCUT2D eigenvalue weighted by atomic mass is 35.5. The molecule has 0 saturated carbocycles. The second kappa shape index (κ2) is 5.90. The van der Waals surface area contributed by atoms with E-state index in [9.17, 15) is 0 Å². The molecular formula is C17H20Cl2N6. The van der Waals surface area contributed by atoms with E-state index in [2.05, 4.69) is 33.2 Å². The molecule has 4 rings (SSSR count). The summed E-state index contributed by atoms with van der Waals surface area (Å²) in [4.78, 5) is 2.32. The molecule has 1 aliphatic rings. The lowest BCUT2D eigenvalue weighted by molar-refractivity contribution is 0.364. The Morgan fingerprint density at radius 2 is 2.00 bits per heavy atom. The minimum Gasteiger partial charge on any atom is -0.371 e. The van der Waals surface area contributed by atoms with Crippen LogP contribution in [0, 0.1) is 0 Å². The number of H-pyrrole nitrogens is 1. The average Bonchev–Trinajstić information content (AvgIpc) is 3.16. The Labute approximate surface area is 155 Å². The molecule has 132 valence electrons. The minimum atomic E-state index is -0.118. The first-order valence-electron chi connectivity index (χ1n) is 8.26. The fourth-order valence-corrected chi connectivity index (χ4v) is 4.09. The molecule has 0 amide bonds. The molecule has 1 aliphatic heterocycles. The Hall–Kier alpha value is -1.76. The summed E-state index contributed by atoms with van der Waals surface area (Å²) in [7, 11) is 1.81. The van der Waals surface area contributed by atoms with Crippen LogP contribution < -0.4 is 10.6 Å². The highest BCUT2D eigenvalue weighted by Gasteiger charge is 2.29. The van der Waals surface area contributed by atoms with Crippen molar-refractivity contribution in [3.05, 3.63) is 28.5 Å². The zero-order valence-corrected chi connectivity index (χ0v) is 15.7. The van der Waals surface area contributed by atoms with Crippen molar-refractivity contribution in [2.45, 2.75) is 25.3 Å². The van der Waals surface area contributed by atoms with Gasteiger partial charge in [-0.2, -0.15) is 10.2 Å². The van der Waals surface area contributed by atoms with Gasteiger partial charge in [0.05, 0.1) is 21.6 Å². The molecule has 1 fully saturated rings. The molecular weight excluding hydrogens is 359 g/mol. The number of benzene rings is 1. The van der Waals surface area contributed by atoms with Crippen molar-refractivity contribution >= 4 is 39.8 Å². The first-order chi connectivity index (χ1) is 11.9. The molecule has 3 N–H and O–H groups in total. The highest BCUT2D eigenvalue weighted by Crippen LogP contribution is 2.44. The molecule has 3 heterocycles. The van der Waals surface area contributed by atoms with Gasteiger partial charge in [0.2, 0.25) is 0 Å². The fraction of sp³-hybridized carbons (Fsp3) is 0.412. The van der Waals surface area contributed by atoms with E-state index < -0.39 is 0 Å². The molecule has 0 unspecified atom stereocenters. The molecule has 3 aromatic rings. The average molecular weight is 379 g/mol. The number of nitrogens with one attached hydrogen (secondary N) is 1. The number of nitrogens with two attached hydrogens (primary N) is 1. The van der Waals surface area contributed by atoms with E-state index in [1.807, 2.05) is 13.1 Å². The van der Waals surface area contributed by atoms with E-state index >= 15 is 0 Å². The standard InChI is InChI=1S/C17H20Cl2N6/c1-17(20)4-7-25(8-5-17)12-9-11-14(16(19)24(2)23-11)15(18)13(12)10-3-6-21-22-10/h3,6,9H,4-5,7-8,20H2,1-2H3,(H,21,22). The van der Waals surface area contributed by atoms with Gasteiger partial charge in [0, 0.05) is 43.1 Å². The van der Waals surface area contributed by atoms with Gasteiger partial charge in [-0.3, -0.25) is 9.78 Å². The maximum Gasteiger partial charge on any atom is 0.136 e. The SMILES string of the molecule is Cn1nc2cc(N3CCC(C)(N)CC3)c(-c3ccn[nH]3)c(Cl)c2c1Cl. The normalized spacial score (nSPS) is 17.4. The van der Waals surface area contributed by atoms with E-state index in [-0.39, 0.29) is 5.54 Å². The molecule has 0 atom stereocenters. The quantitative estimate of drug-likeness (QED) is 0.714. The molecule has 0 aliphatic carbocycles. The number of fused-ring (bicyclic) bond motifs is 1. The first-order valence-corrected chi connectivity index (χ1v) is 9.01. The highest BCUT2D eigenvalue weighted by molar-refractivity contribution is 6.44. The van der Waals surface area contributed by atoms with Gasteiger partial charge in [0.25, 0.3) is 0 Å². The maximum atomic E-state index is 6.80. The van der Waals surface area contributed by atoms with Gasteiger partial charge in [0.15, 0.2) is 0 Å². The number of aryl methyl sites for hydroxylation is 1. The summed E-state index contributed by atoms with van der Waals surface area (Å²) >= 11 is 13.2. The molecule has 0 spiro atoms. The fourth-order valence-electron chi connectivity index (χ4n) is 3.43. The maximum absolute atomic E-state index is 6.80. The number of nitrogens with zero attached hydrogens (tertiary/aromatic N) is 4. The summed E-state index contributed by atoms with van der Waals surface area (Å²) in [6.45, 7) is 3.85. The molecule has 25 heavy (non-hydrogen) atoms. The van der Waals surface area contributed by atoms with Crippen LogP contribution in [-0.2, 0) is 7.05 Å². The van der Waals surface area contributed by atoms with Crippen molar-refractivity contribution in [2.75, 3.05) is 18.0 Å². The van der Waals surface area contributed by atoms with E-state index in [4.69, 9.17) is 28.9 Å². The van der Waals surface area contributed by atoms with Gasteiger partial charge in [-0.1, -0.05) is 23.2 Å². The zero-order chi connectivity index (χ0) is 17.8. The lowest BCUT2D eigenvalue weighted by atomic mass is 9.90. The van der Waals surface area contributed by atoms with Crippen LogP contribution in [0.5, 0.6) is 0 Å². The first kappa shape index (κ1) is 16.7. The lowest BCUT2D eigenvalue weighted by Gasteiger charge is -2.38. The molecule has 1 aromatic carbocycles. The van der Waals surface area contributed by atoms with Crippen LogP contribution in [0.15, 0.2) is 18.3 Å². The number of aromatic nitrogens is 4. The zero-order valence-electron chi connectivity index (χ0n) is 14.2. The van der Waals surface area contributed by atoms with Crippen LogP contribution in [-0.4, -0.2) is 38.6 Å². The monoisotopic (exact) mass is 378 g/mol. The summed E-state index contributed by atoms with van der Waals surface area (Å²) < 4.78 is 1.64. The lowest BCUT2D eigenvalue weighted by Crippen LogP contribution is -2.48. The van der Waals surface area contributed by atoms with Gasteiger partial charge in [0.1, 0.15) is 5.15 Å². The summed E-state index contributed by atoms with van der Waals surface area (Å²) in [6, 6.07) is 3.97. The molecule has 0 radical (unpaired) electrons. The smallest absolute Gasteiger partial charge is 0.136 e. The number of rotatable bonds is 2. The van der Waals surface area contributed by atoms with E-state index in [0.29, 0.717) is 10.2 Å². The summed E-state index contributed by atoms with van der Waals surface area (Å²) in [5, 5.41) is 13.5. The molecule has 2 aromatic heterocycles. The Balaban J connectivity index is 1.92. The minimum absolute atomic E-state index is 0.118. The van der Waals surface area contributed by atoms with E-state index in [1.54, 1.807) is 10.9 Å². The topological polar surface area (TPSA) is 75.8 Å². The summed E-state index contributed by atoms with van der Waals surface area (Å²) in [6.07, 6.45) is 3.57. The summed E-state index contributed by atoms with van der Waals surface area (Å²) in [5.41, 5.74) is 9.77. The number of hydrogen-bond donors (Lipinski definition) is 2. The van der Waals surface area contributed by atoms with E-state index in [0.717, 1.165) is 53.8 Å². The second-order valence-corrected chi connectivity index (χ2v) is 7.74. The number of anilines is 1. The predicted octanol–water partition coefficient (Wildman–Crippen LogP) is 3.59. The Kier molecular flexibility index (Phi) is 3.94. The van der Waals surface area contributed by atoms with Gasteiger partial charge >= 0.3 is 0 Å². The van der Waals surface area contributed by atoms with Gasteiger partial charge in [-0.25, -0.2) is 0 Å². The van der Waals surface area contributed by atoms with Crippen LogP contribution in [0.4, 0.5) is 5.69 Å². The van der Waals surface area contributed by atoms with Crippen molar-refractivity contribution in [1.29, 1.82) is 0 Å². The number of hydrogen-bond acceptors (Lipinski definition) is 4. The number of halogens is 2. The third kappa shape index (κ3) is 2.78. The predicted molar refractivity (Wildman–Crippen MR) is 102 cm³/mol. The van der Waals surface area contributed by atoms with Crippen molar-refractivity contribution in [1.82, 2.24) is 20.0 Å². The number of piperidine rings is 1. The van der Waals surface area contributed by atoms with Gasteiger partial charge in [-0.05, 0) is 31.9 Å². The van der Waals surface area contributed by atoms with Crippen molar-refractivity contribution in [3.63, 3.8) is 0 Å². The van der Waals surface area contributed by atoms with Crippen LogP contribution >= 0.6 is 23.2 Å². The summed E-state index contributed by atoms with van der Waals surface area (Å²) in [5.74, 6) is 0. The molecule has 6 nitrogen and oxygen atoms in total. The van der Waals surface area contributed by atoms with Gasteiger partial charge < -0.3 is 10.6 Å². The van der Waals surface area contributed by atoms with E-state index in [1.165, 1.54) is 0 Å². The number of aromatic amines is 1. The Bertz CT molecular complexity index is 919. The third-order valence-corrected chi connectivity index (χ3v) is 5.80. The van der Waals surface area contributed by atoms with Crippen LogP contribution in [0.1, 0.15) is 19.8 Å². The van der Waals surface area contributed by atoms with Crippen LogP contribution in [0.2, 0.25) is 10.2 Å². The third-order valence-electron chi connectivity index (χ3n) is 4.99. The molecule has 1 saturated heterocycles. The molecule has 0 bridgehead atoms. The van der Waals surface area contributed by atoms with Crippen molar-refractivity contribution in [3.8, 4) is 11.3 Å². The Morgan fingerprint density at radius 1 is 1.28 bits per heavy atom. The Morgan fingerprint density at radius 3 is 2.64 bits per heavy atom. The van der Waals surface area contributed by atoms with Crippen molar-refractivity contribution in [2.24, 2.45) is 12.8 Å². The largest absolute Gasteiger partial charge is 0.371 e. The van der Waals surface area contributed by atoms with Gasteiger partial charge in [-0.15, -0.1) is 0 Å². The van der Waals surface area contributed by atoms with Crippen LogP contribution in [0.3, 0.4) is 0 Å².